The minimum absolute atomic E-state index is 0.348. The van der Waals surface area contributed by atoms with Crippen LogP contribution in [0.4, 0.5) is 0 Å². The number of carboxylic acid groups (broad SMARTS) is 1. The molecule has 0 radical (unpaired) electrons. The molecule has 110 valence electrons. The maximum absolute atomic E-state index is 12.3. The van der Waals surface area contributed by atoms with Gasteiger partial charge in [-0.15, -0.1) is 11.3 Å². The van der Waals surface area contributed by atoms with Crippen molar-refractivity contribution in [2.45, 2.75) is 26.3 Å². The van der Waals surface area contributed by atoms with Crippen molar-refractivity contribution in [3.63, 3.8) is 0 Å². The lowest BCUT2D eigenvalue weighted by molar-refractivity contribution is -0.139. The molecule has 1 atom stereocenters. The van der Waals surface area contributed by atoms with Crippen molar-refractivity contribution in [2.75, 3.05) is 0 Å². The molecule has 0 aliphatic rings. The number of carbonyl (C=O) groups excluding carboxylic acids is 1. The van der Waals surface area contributed by atoms with E-state index in [0.717, 1.165) is 16.9 Å². The number of thiophene rings is 1. The second kappa shape index (κ2) is 6.54. The number of aliphatic carboxylic acids is 1. The van der Waals surface area contributed by atoms with E-state index in [1.54, 1.807) is 30.3 Å². The van der Waals surface area contributed by atoms with E-state index in [9.17, 15) is 14.7 Å². The van der Waals surface area contributed by atoms with Crippen molar-refractivity contribution < 1.29 is 14.7 Å². The highest BCUT2D eigenvalue weighted by atomic mass is 32.1. The lowest BCUT2D eigenvalue weighted by atomic mass is 10.1. The van der Waals surface area contributed by atoms with Crippen LogP contribution in [0.3, 0.4) is 0 Å². The Bertz CT molecular complexity index is 649. The fourth-order valence-electron chi connectivity index (χ4n) is 2.12. The quantitative estimate of drug-likeness (QED) is 0.891. The molecule has 0 aliphatic heterocycles. The third kappa shape index (κ3) is 3.49. The minimum atomic E-state index is -1.07. The normalized spacial score (nSPS) is 11.9. The Kier molecular flexibility index (Phi) is 4.75. The molecule has 1 amide bonds. The molecular weight excluding hydrogens is 286 g/mol. The number of nitrogens with one attached hydrogen (secondary N) is 1. The van der Waals surface area contributed by atoms with E-state index in [1.165, 1.54) is 11.3 Å². The molecule has 2 N–H and O–H groups in total. The highest BCUT2D eigenvalue weighted by Gasteiger charge is 2.23. The van der Waals surface area contributed by atoms with Crippen LogP contribution < -0.4 is 5.32 Å². The van der Waals surface area contributed by atoms with Gasteiger partial charge in [-0.3, -0.25) is 4.79 Å². The second-order valence-electron chi connectivity index (χ2n) is 4.73. The number of carboxylic acids is 1. The van der Waals surface area contributed by atoms with Gasteiger partial charge in [0.1, 0.15) is 0 Å². The fraction of sp³-hybridized carbons (Fsp3) is 0.250. The summed E-state index contributed by atoms with van der Waals surface area (Å²) in [5, 5.41) is 11.9. The monoisotopic (exact) mass is 303 g/mol. The summed E-state index contributed by atoms with van der Waals surface area (Å²) in [5.74, 6) is -1.42. The molecule has 0 fully saturated rings. The summed E-state index contributed by atoms with van der Waals surface area (Å²) in [7, 11) is 0. The first-order valence-electron chi connectivity index (χ1n) is 6.70. The van der Waals surface area contributed by atoms with Crippen molar-refractivity contribution >= 4 is 23.2 Å². The van der Waals surface area contributed by atoms with Gasteiger partial charge in [0, 0.05) is 4.88 Å². The number of aryl methyl sites for hydroxylation is 2. The molecule has 0 aliphatic carbocycles. The summed E-state index contributed by atoms with van der Waals surface area (Å²) < 4.78 is 0. The first-order valence-corrected chi connectivity index (χ1v) is 7.52. The molecule has 21 heavy (non-hydrogen) atoms. The van der Waals surface area contributed by atoms with Crippen LogP contribution in [0.15, 0.2) is 36.4 Å². The van der Waals surface area contributed by atoms with Crippen LogP contribution in [0.2, 0.25) is 0 Å². The van der Waals surface area contributed by atoms with Crippen molar-refractivity contribution in [1.29, 1.82) is 0 Å². The zero-order valence-electron chi connectivity index (χ0n) is 11.9. The molecule has 0 saturated carbocycles. The first-order chi connectivity index (χ1) is 10.0. The van der Waals surface area contributed by atoms with Crippen LogP contribution >= 0.6 is 11.3 Å². The van der Waals surface area contributed by atoms with Gasteiger partial charge in [0.15, 0.2) is 6.04 Å². The van der Waals surface area contributed by atoms with Crippen LogP contribution in [-0.4, -0.2) is 17.0 Å². The molecular formula is C16H17NO3S. The summed E-state index contributed by atoms with van der Waals surface area (Å²) in [6.07, 6.45) is 0.866. The standard InChI is InChI=1S/C16H17NO3S/c1-3-12-10(2)9-13(21-12)15(18)17-14(16(19)20)11-7-5-4-6-8-11/h4-9,14H,3H2,1-2H3,(H,17,18)(H,19,20)/t14-/m0/s1. The zero-order valence-corrected chi connectivity index (χ0v) is 12.7. The molecule has 5 heteroatoms. The Morgan fingerprint density at radius 3 is 2.48 bits per heavy atom. The van der Waals surface area contributed by atoms with Gasteiger partial charge in [0.05, 0.1) is 4.88 Å². The van der Waals surface area contributed by atoms with Crippen molar-refractivity contribution in [3.05, 3.63) is 57.3 Å². The van der Waals surface area contributed by atoms with Crippen LogP contribution in [0.1, 0.15) is 38.6 Å². The van der Waals surface area contributed by atoms with Gasteiger partial charge in [-0.25, -0.2) is 4.79 Å². The molecule has 0 unspecified atom stereocenters. The van der Waals surface area contributed by atoms with Gasteiger partial charge < -0.3 is 10.4 Å². The molecule has 0 bridgehead atoms. The Hall–Kier alpha value is -2.14. The topological polar surface area (TPSA) is 66.4 Å². The predicted octanol–water partition coefficient (Wildman–Crippen LogP) is 3.17. The Morgan fingerprint density at radius 2 is 1.95 bits per heavy atom. The van der Waals surface area contributed by atoms with E-state index in [4.69, 9.17) is 0 Å². The molecule has 0 saturated heterocycles. The first kappa shape index (κ1) is 15.3. The number of benzene rings is 1. The fourth-order valence-corrected chi connectivity index (χ4v) is 3.14. The molecule has 2 aromatic rings. The number of hydrogen-bond donors (Lipinski definition) is 2. The largest absolute Gasteiger partial charge is 0.479 e. The minimum Gasteiger partial charge on any atom is -0.479 e. The number of carbonyl (C=O) groups is 2. The van der Waals surface area contributed by atoms with Crippen molar-refractivity contribution in [2.24, 2.45) is 0 Å². The number of rotatable bonds is 5. The van der Waals surface area contributed by atoms with E-state index in [0.29, 0.717) is 10.4 Å². The highest BCUT2D eigenvalue weighted by molar-refractivity contribution is 7.14. The van der Waals surface area contributed by atoms with Crippen LogP contribution in [0, 0.1) is 6.92 Å². The molecule has 0 spiro atoms. The summed E-state index contributed by atoms with van der Waals surface area (Å²) in [6, 6.07) is 9.46. The van der Waals surface area contributed by atoms with E-state index >= 15 is 0 Å². The van der Waals surface area contributed by atoms with E-state index in [1.807, 2.05) is 19.9 Å². The Labute approximate surface area is 127 Å². The molecule has 1 heterocycles. The zero-order chi connectivity index (χ0) is 15.4. The molecule has 2 rings (SSSR count). The maximum Gasteiger partial charge on any atom is 0.330 e. The third-order valence-electron chi connectivity index (χ3n) is 3.22. The summed E-state index contributed by atoms with van der Waals surface area (Å²) >= 11 is 1.41. The summed E-state index contributed by atoms with van der Waals surface area (Å²) in [4.78, 5) is 25.3. The maximum atomic E-state index is 12.3. The van der Waals surface area contributed by atoms with E-state index in [-0.39, 0.29) is 5.91 Å². The lowest BCUT2D eigenvalue weighted by Gasteiger charge is -2.14. The summed E-state index contributed by atoms with van der Waals surface area (Å²) in [6.45, 7) is 3.99. The molecule has 1 aromatic carbocycles. The Balaban J connectivity index is 2.21. The van der Waals surface area contributed by atoms with Gasteiger partial charge in [-0.1, -0.05) is 37.3 Å². The third-order valence-corrected chi connectivity index (χ3v) is 4.60. The molecule has 1 aromatic heterocycles. The predicted molar refractivity (Wildman–Crippen MR) is 82.7 cm³/mol. The van der Waals surface area contributed by atoms with Gasteiger partial charge in [0.25, 0.3) is 5.91 Å². The van der Waals surface area contributed by atoms with E-state index < -0.39 is 12.0 Å². The summed E-state index contributed by atoms with van der Waals surface area (Å²) in [5.41, 5.74) is 1.63. The lowest BCUT2D eigenvalue weighted by Crippen LogP contribution is -2.33. The molecule has 4 nitrogen and oxygen atoms in total. The van der Waals surface area contributed by atoms with Crippen molar-refractivity contribution in [3.8, 4) is 0 Å². The van der Waals surface area contributed by atoms with Crippen LogP contribution in [-0.2, 0) is 11.2 Å². The van der Waals surface area contributed by atoms with Gasteiger partial charge in [0.2, 0.25) is 0 Å². The van der Waals surface area contributed by atoms with Gasteiger partial charge in [-0.2, -0.15) is 0 Å². The van der Waals surface area contributed by atoms with Gasteiger partial charge >= 0.3 is 5.97 Å². The van der Waals surface area contributed by atoms with Crippen LogP contribution in [0.25, 0.3) is 0 Å². The number of amides is 1. The highest BCUT2D eigenvalue weighted by Crippen LogP contribution is 2.23. The average molecular weight is 303 g/mol. The number of hydrogen-bond acceptors (Lipinski definition) is 3. The van der Waals surface area contributed by atoms with E-state index in [2.05, 4.69) is 5.32 Å². The smallest absolute Gasteiger partial charge is 0.330 e. The Morgan fingerprint density at radius 1 is 1.29 bits per heavy atom. The van der Waals surface area contributed by atoms with Gasteiger partial charge in [-0.05, 0) is 30.5 Å². The second-order valence-corrected chi connectivity index (χ2v) is 5.86. The van der Waals surface area contributed by atoms with Crippen LogP contribution in [0.5, 0.6) is 0 Å². The SMILES string of the molecule is CCc1sc(C(=O)N[C@H](C(=O)O)c2ccccc2)cc1C. The average Bonchev–Trinajstić information content (AvgIpc) is 2.86. The van der Waals surface area contributed by atoms with Crippen molar-refractivity contribution in [1.82, 2.24) is 5.32 Å².